The van der Waals surface area contributed by atoms with E-state index in [1.54, 1.807) is 18.3 Å². The first-order valence-electron chi connectivity index (χ1n) is 3.97. The number of ether oxygens (including phenoxy) is 1. The van der Waals surface area contributed by atoms with E-state index in [2.05, 4.69) is 19.7 Å². The van der Waals surface area contributed by atoms with E-state index in [1.165, 1.54) is 13.3 Å². The minimum atomic E-state index is -0.546. The Kier molecular flexibility index (Phi) is 2.06. The predicted octanol–water partition coefficient (Wildman–Crippen LogP) is 0.811. The first kappa shape index (κ1) is 8.55. The third kappa shape index (κ3) is 1.39. The van der Waals surface area contributed by atoms with Crippen LogP contribution in [0.5, 0.6) is 0 Å². The standard InChI is InChI=1S/C9H7N3O2/c1-14-9(13)8-11-5-7-6(12-8)3-2-4-10-7/h2-5H,1H3. The number of esters is 1. The van der Waals surface area contributed by atoms with Crippen molar-refractivity contribution in [2.24, 2.45) is 0 Å². The van der Waals surface area contributed by atoms with Crippen LogP contribution < -0.4 is 0 Å². The summed E-state index contributed by atoms with van der Waals surface area (Å²) in [5.74, 6) is -0.497. The third-order valence-electron chi connectivity index (χ3n) is 1.72. The molecule has 0 saturated heterocycles. The maximum absolute atomic E-state index is 11.1. The van der Waals surface area contributed by atoms with Gasteiger partial charge < -0.3 is 4.74 Å². The van der Waals surface area contributed by atoms with Gasteiger partial charge in [-0.2, -0.15) is 0 Å². The molecule has 0 aromatic carbocycles. The SMILES string of the molecule is COC(=O)c1ncc2ncccc2n1. The minimum absolute atomic E-state index is 0.0491. The Morgan fingerprint density at radius 2 is 2.21 bits per heavy atom. The van der Waals surface area contributed by atoms with Gasteiger partial charge in [-0.15, -0.1) is 0 Å². The molecule has 14 heavy (non-hydrogen) atoms. The summed E-state index contributed by atoms with van der Waals surface area (Å²) < 4.78 is 4.50. The van der Waals surface area contributed by atoms with Gasteiger partial charge in [0.05, 0.1) is 18.8 Å². The van der Waals surface area contributed by atoms with Crippen LogP contribution in [0.3, 0.4) is 0 Å². The molecule has 0 bridgehead atoms. The van der Waals surface area contributed by atoms with Crippen LogP contribution in [0.4, 0.5) is 0 Å². The first-order valence-corrected chi connectivity index (χ1v) is 3.97. The zero-order valence-electron chi connectivity index (χ0n) is 7.47. The molecule has 2 heterocycles. The van der Waals surface area contributed by atoms with Crippen LogP contribution in [0, 0.1) is 0 Å². The molecule has 0 saturated carbocycles. The Morgan fingerprint density at radius 3 is 3.00 bits per heavy atom. The number of fused-ring (bicyclic) bond motifs is 1. The van der Waals surface area contributed by atoms with Gasteiger partial charge in [0.15, 0.2) is 0 Å². The van der Waals surface area contributed by atoms with Crippen molar-refractivity contribution in [2.45, 2.75) is 0 Å². The number of hydrogen-bond donors (Lipinski definition) is 0. The second kappa shape index (κ2) is 3.37. The monoisotopic (exact) mass is 189 g/mol. The van der Waals surface area contributed by atoms with E-state index in [0.29, 0.717) is 11.0 Å². The van der Waals surface area contributed by atoms with E-state index >= 15 is 0 Å². The largest absolute Gasteiger partial charge is 0.463 e. The molecule has 2 aromatic rings. The van der Waals surface area contributed by atoms with Crippen molar-refractivity contribution in [3.05, 3.63) is 30.4 Å². The maximum atomic E-state index is 11.1. The second-order valence-electron chi connectivity index (χ2n) is 2.59. The lowest BCUT2D eigenvalue weighted by Gasteiger charge is -1.98. The molecule has 2 rings (SSSR count). The summed E-state index contributed by atoms with van der Waals surface area (Å²) in [6.07, 6.45) is 3.14. The molecule has 0 radical (unpaired) electrons. The molecule has 0 aliphatic carbocycles. The minimum Gasteiger partial charge on any atom is -0.463 e. The van der Waals surface area contributed by atoms with E-state index in [0.717, 1.165) is 0 Å². The molecule has 0 amide bonds. The van der Waals surface area contributed by atoms with Gasteiger partial charge in [-0.25, -0.2) is 14.8 Å². The molecule has 0 N–H and O–H groups in total. The van der Waals surface area contributed by atoms with Crippen LogP contribution in [0.1, 0.15) is 10.6 Å². The number of methoxy groups -OCH3 is 1. The third-order valence-corrected chi connectivity index (χ3v) is 1.72. The van der Waals surface area contributed by atoms with Gasteiger partial charge in [0.1, 0.15) is 5.52 Å². The predicted molar refractivity (Wildman–Crippen MR) is 48.7 cm³/mol. The van der Waals surface area contributed by atoms with Crippen molar-refractivity contribution in [3.63, 3.8) is 0 Å². The summed E-state index contributed by atoms with van der Waals surface area (Å²) in [6.45, 7) is 0. The summed E-state index contributed by atoms with van der Waals surface area (Å²) in [5, 5.41) is 0. The number of carbonyl (C=O) groups is 1. The smallest absolute Gasteiger partial charge is 0.376 e. The van der Waals surface area contributed by atoms with Crippen molar-refractivity contribution in [1.82, 2.24) is 15.0 Å². The lowest BCUT2D eigenvalue weighted by molar-refractivity contribution is 0.0587. The van der Waals surface area contributed by atoms with Crippen LogP contribution in [0.2, 0.25) is 0 Å². The van der Waals surface area contributed by atoms with E-state index in [1.807, 2.05) is 0 Å². The highest BCUT2D eigenvalue weighted by atomic mass is 16.5. The molecule has 0 aliphatic heterocycles. The van der Waals surface area contributed by atoms with Gasteiger partial charge >= 0.3 is 5.97 Å². The maximum Gasteiger partial charge on any atom is 0.376 e. The summed E-state index contributed by atoms with van der Waals surface area (Å²) in [5.41, 5.74) is 1.28. The van der Waals surface area contributed by atoms with Gasteiger partial charge in [-0.3, -0.25) is 4.98 Å². The van der Waals surface area contributed by atoms with Crippen LogP contribution in [0.25, 0.3) is 11.0 Å². The highest BCUT2D eigenvalue weighted by Crippen LogP contribution is 2.06. The molecular formula is C9H7N3O2. The Labute approximate surface area is 79.8 Å². The Hall–Kier alpha value is -2.04. The molecule has 5 heteroatoms. The molecule has 5 nitrogen and oxygen atoms in total. The van der Waals surface area contributed by atoms with Gasteiger partial charge in [-0.1, -0.05) is 0 Å². The van der Waals surface area contributed by atoms with Crippen LogP contribution in [-0.2, 0) is 4.74 Å². The van der Waals surface area contributed by atoms with Crippen molar-refractivity contribution in [1.29, 1.82) is 0 Å². The van der Waals surface area contributed by atoms with E-state index in [9.17, 15) is 4.79 Å². The molecule has 0 spiro atoms. The van der Waals surface area contributed by atoms with E-state index in [4.69, 9.17) is 0 Å². The number of nitrogens with zero attached hydrogens (tertiary/aromatic N) is 3. The lowest BCUT2D eigenvalue weighted by atomic mass is 10.3. The van der Waals surface area contributed by atoms with Crippen molar-refractivity contribution in [3.8, 4) is 0 Å². The highest BCUT2D eigenvalue weighted by molar-refractivity contribution is 5.87. The molecule has 0 aliphatic rings. The first-order chi connectivity index (χ1) is 6.81. The Morgan fingerprint density at radius 1 is 1.36 bits per heavy atom. The van der Waals surface area contributed by atoms with Crippen molar-refractivity contribution in [2.75, 3.05) is 7.11 Å². The number of carbonyl (C=O) groups excluding carboxylic acids is 1. The molecule has 0 atom stereocenters. The zero-order chi connectivity index (χ0) is 9.97. The fraction of sp³-hybridized carbons (Fsp3) is 0.111. The van der Waals surface area contributed by atoms with Gasteiger partial charge in [0, 0.05) is 6.20 Å². The summed E-state index contributed by atoms with van der Waals surface area (Å²) in [4.78, 5) is 22.9. The average Bonchev–Trinajstić information content (AvgIpc) is 2.27. The summed E-state index contributed by atoms with van der Waals surface area (Å²) in [6, 6.07) is 3.51. The van der Waals surface area contributed by atoms with Crippen molar-refractivity contribution < 1.29 is 9.53 Å². The quantitative estimate of drug-likeness (QED) is 0.621. The molecule has 0 unspecified atom stereocenters. The number of rotatable bonds is 1. The van der Waals surface area contributed by atoms with Gasteiger partial charge in [0.25, 0.3) is 0 Å². The fourth-order valence-electron chi connectivity index (χ4n) is 1.06. The highest BCUT2D eigenvalue weighted by Gasteiger charge is 2.09. The van der Waals surface area contributed by atoms with Crippen LogP contribution in [0.15, 0.2) is 24.5 Å². The van der Waals surface area contributed by atoms with Gasteiger partial charge in [-0.05, 0) is 12.1 Å². The number of pyridine rings is 1. The number of hydrogen-bond acceptors (Lipinski definition) is 5. The molecular weight excluding hydrogens is 182 g/mol. The van der Waals surface area contributed by atoms with Gasteiger partial charge in [0.2, 0.25) is 5.82 Å². The normalized spacial score (nSPS) is 10.1. The van der Waals surface area contributed by atoms with Crippen molar-refractivity contribution >= 4 is 17.0 Å². The Balaban J connectivity index is 2.56. The topological polar surface area (TPSA) is 65.0 Å². The summed E-state index contributed by atoms with van der Waals surface area (Å²) in [7, 11) is 1.29. The zero-order valence-corrected chi connectivity index (χ0v) is 7.47. The van der Waals surface area contributed by atoms with Crippen LogP contribution >= 0.6 is 0 Å². The number of aromatic nitrogens is 3. The Bertz CT molecular complexity index is 484. The molecule has 70 valence electrons. The summed E-state index contributed by atoms with van der Waals surface area (Å²) >= 11 is 0. The molecule has 0 fully saturated rings. The van der Waals surface area contributed by atoms with Crippen LogP contribution in [-0.4, -0.2) is 28.0 Å². The second-order valence-corrected chi connectivity index (χ2v) is 2.59. The van der Waals surface area contributed by atoms with E-state index < -0.39 is 5.97 Å². The fourth-order valence-corrected chi connectivity index (χ4v) is 1.06. The lowest BCUT2D eigenvalue weighted by Crippen LogP contribution is -2.07. The average molecular weight is 189 g/mol. The van der Waals surface area contributed by atoms with E-state index in [-0.39, 0.29) is 5.82 Å². The molecule has 2 aromatic heterocycles.